The largest absolute Gasteiger partial charge is 0.450 e. The molecule has 2 fully saturated rings. The van der Waals surface area contributed by atoms with Crippen LogP contribution < -0.4 is 5.32 Å². The van der Waals surface area contributed by atoms with Gasteiger partial charge in [0.25, 0.3) is 0 Å². The molecule has 7 rings (SSSR count). The molecule has 0 unspecified atom stereocenters. The average molecular weight is 848 g/mol. The first-order valence-electron chi connectivity index (χ1n) is 20.7. The summed E-state index contributed by atoms with van der Waals surface area (Å²) in [5, 5.41) is 25.6. The molecule has 10 atom stereocenters. The molecule has 0 spiro atoms. The van der Waals surface area contributed by atoms with E-state index in [-0.39, 0.29) is 45.2 Å². The molecule has 0 aliphatic carbocycles. The highest BCUT2D eigenvalue weighted by Crippen LogP contribution is 2.35. The molecule has 1 amide bonds. The van der Waals surface area contributed by atoms with E-state index in [1.165, 1.54) is 6.92 Å². The predicted molar refractivity (Wildman–Crippen MR) is 226 cm³/mol. The van der Waals surface area contributed by atoms with Gasteiger partial charge in [-0.2, -0.15) is 0 Å². The quantitative estimate of drug-likeness (QED) is 0.0897. The van der Waals surface area contributed by atoms with Gasteiger partial charge in [0.15, 0.2) is 18.7 Å². The summed E-state index contributed by atoms with van der Waals surface area (Å²) in [5.41, 5.74) is 3.83. The standard InChI is InChI=1S/C49H53NO12/c1-33(51)50-41-42(52)43(39(59-48(41)54)31-55-27-34-17-7-2-8-18-34)62-49-46(61-47(53)38-25-15-6-16-26-38)45(58-30-37-23-13-5-14-24-37)44(57-29-36-21-11-4-12-22-36)40(60-49)32-56-28-35-19-9-3-10-20-35/h2-26,39-46,48-49,52,54H,27-32H2,1H3,(H,50,51)/t39-,40-,41-,42-,43-,44+,45+,46-,48-,49+/m1/s1. The monoisotopic (exact) mass is 847 g/mol. The number of carbonyl (C=O) groups is 2. The van der Waals surface area contributed by atoms with Gasteiger partial charge in [0.05, 0.1) is 45.2 Å². The van der Waals surface area contributed by atoms with E-state index in [0.29, 0.717) is 0 Å². The van der Waals surface area contributed by atoms with Crippen molar-refractivity contribution in [3.63, 3.8) is 0 Å². The molecular weight excluding hydrogens is 795 g/mol. The van der Waals surface area contributed by atoms with Crippen LogP contribution in [-0.4, -0.2) is 96.7 Å². The molecule has 13 heteroatoms. The van der Waals surface area contributed by atoms with Crippen LogP contribution in [0.4, 0.5) is 0 Å². The molecule has 0 saturated carbocycles. The van der Waals surface area contributed by atoms with Crippen LogP contribution in [0.2, 0.25) is 0 Å². The van der Waals surface area contributed by atoms with Crippen molar-refractivity contribution in [3.8, 4) is 0 Å². The summed E-state index contributed by atoms with van der Waals surface area (Å²) in [6.45, 7) is 1.84. The highest BCUT2D eigenvalue weighted by molar-refractivity contribution is 5.89. The first-order chi connectivity index (χ1) is 30.3. The van der Waals surface area contributed by atoms with Crippen LogP contribution >= 0.6 is 0 Å². The SMILES string of the molecule is CC(=O)N[C@@H]1[C@@H](O)[C@H](O[C@@H]2O[C@H](COCc3ccccc3)[C@H](OCc3ccccc3)[C@H](OCc3ccccc3)[C@H]2OC(=O)c2ccccc2)[C@@H](COCc2ccccc2)O[C@H]1O. The van der Waals surface area contributed by atoms with E-state index in [9.17, 15) is 19.8 Å². The molecule has 2 aliphatic heterocycles. The van der Waals surface area contributed by atoms with Gasteiger partial charge in [-0.1, -0.05) is 140 Å². The molecule has 0 radical (unpaired) electrons. The van der Waals surface area contributed by atoms with Gasteiger partial charge in [-0.3, -0.25) is 4.79 Å². The van der Waals surface area contributed by atoms with E-state index in [1.807, 2.05) is 121 Å². The van der Waals surface area contributed by atoms with Crippen molar-refractivity contribution >= 4 is 11.9 Å². The zero-order valence-corrected chi connectivity index (χ0v) is 34.4. The number of amides is 1. The maximum Gasteiger partial charge on any atom is 0.338 e. The van der Waals surface area contributed by atoms with Gasteiger partial charge in [0.2, 0.25) is 5.91 Å². The molecule has 13 nitrogen and oxygen atoms in total. The normalized spacial score (nSPS) is 26.0. The van der Waals surface area contributed by atoms with Gasteiger partial charge >= 0.3 is 5.97 Å². The number of nitrogens with one attached hydrogen (secondary N) is 1. The maximum absolute atomic E-state index is 14.1. The van der Waals surface area contributed by atoms with Crippen LogP contribution in [0.15, 0.2) is 152 Å². The minimum atomic E-state index is -1.62. The van der Waals surface area contributed by atoms with Crippen LogP contribution in [0.1, 0.15) is 39.5 Å². The number of hydrogen-bond donors (Lipinski definition) is 3. The van der Waals surface area contributed by atoms with Crippen molar-refractivity contribution in [1.29, 1.82) is 0 Å². The highest BCUT2D eigenvalue weighted by Gasteiger charge is 2.54. The van der Waals surface area contributed by atoms with Crippen LogP contribution in [0.3, 0.4) is 0 Å². The number of aliphatic hydroxyl groups excluding tert-OH is 2. The second-order valence-corrected chi connectivity index (χ2v) is 15.2. The minimum Gasteiger partial charge on any atom is -0.450 e. The molecule has 3 N–H and O–H groups in total. The summed E-state index contributed by atoms with van der Waals surface area (Å²) in [4.78, 5) is 26.4. The number of hydrogen-bond acceptors (Lipinski definition) is 12. The summed E-state index contributed by atoms with van der Waals surface area (Å²) >= 11 is 0. The van der Waals surface area contributed by atoms with E-state index in [4.69, 9.17) is 37.9 Å². The second kappa shape index (κ2) is 22.7. The van der Waals surface area contributed by atoms with E-state index in [0.717, 1.165) is 22.3 Å². The van der Waals surface area contributed by atoms with Crippen molar-refractivity contribution < 1.29 is 57.7 Å². The Kier molecular flexibility index (Phi) is 16.4. The number of esters is 1. The lowest BCUT2D eigenvalue weighted by Gasteiger charge is -2.48. The summed E-state index contributed by atoms with van der Waals surface area (Å²) in [5.74, 6) is -1.20. The summed E-state index contributed by atoms with van der Waals surface area (Å²) in [6.07, 6.45) is -11.1. The molecule has 62 heavy (non-hydrogen) atoms. The number of ether oxygens (including phenoxy) is 8. The van der Waals surface area contributed by atoms with Crippen molar-refractivity contribution in [2.75, 3.05) is 13.2 Å². The summed E-state index contributed by atoms with van der Waals surface area (Å²) in [7, 11) is 0. The van der Waals surface area contributed by atoms with Crippen molar-refractivity contribution in [2.45, 2.75) is 94.7 Å². The summed E-state index contributed by atoms with van der Waals surface area (Å²) in [6, 6.07) is 45.5. The van der Waals surface area contributed by atoms with Gasteiger partial charge in [-0.25, -0.2) is 4.79 Å². The second-order valence-electron chi connectivity index (χ2n) is 15.2. The summed E-state index contributed by atoms with van der Waals surface area (Å²) < 4.78 is 51.7. The molecule has 0 bridgehead atoms. The van der Waals surface area contributed by atoms with Crippen molar-refractivity contribution in [3.05, 3.63) is 179 Å². The minimum absolute atomic E-state index is 0.000669. The van der Waals surface area contributed by atoms with Gasteiger partial charge in [0, 0.05) is 6.92 Å². The molecule has 5 aromatic carbocycles. The molecular formula is C49H53NO12. The number of aliphatic hydroxyl groups is 2. The van der Waals surface area contributed by atoms with Crippen LogP contribution in [0.25, 0.3) is 0 Å². The Morgan fingerprint density at radius 3 is 1.47 bits per heavy atom. The molecule has 2 saturated heterocycles. The van der Waals surface area contributed by atoms with Gasteiger partial charge in [-0.05, 0) is 34.4 Å². The number of rotatable bonds is 19. The fourth-order valence-corrected chi connectivity index (χ4v) is 7.45. The topological polar surface area (TPSA) is 160 Å². The lowest BCUT2D eigenvalue weighted by atomic mass is 9.95. The van der Waals surface area contributed by atoms with Gasteiger partial charge < -0.3 is 53.4 Å². The molecule has 326 valence electrons. The molecule has 0 aromatic heterocycles. The third kappa shape index (κ3) is 12.4. The zero-order valence-electron chi connectivity index (χ0n) is 34.4. The Bertz CT molecular complexity index is 2080. The molecule has 5 aromatic rings. The number of carbonyl (C=O) groups excluding carboxylic acids is 2. The van der Waals surface area contributed by atoms with Crippen LogP contribution in [0, 0.1) is 0 Å². The highest BCUT2D eigenvalue weighted by atomic mass is 16.7. The lowest BCUT2D eigenvalue weighted by molar-refractivity contribution is -0.354. The first kappa shape index (κ1) is 44.7. The van der Waals surface area contributed by atoms with Crippen LogP contribution in [-0.2, 0) is 69.1 Å². The average Bonchev–Trinajstić information content (AvgIpc) is 3.30. The smallest absolute Gasteiger partial charge is 0.338 e. The van der Waals surface area contributed by atoms with Crippen molar-refractivity contribution in [1.82, 2.24) is 5.32 Å². The Hall–Kier alpha value is -5.32. The van der Waals surface area contributed by atoms with Crippen LogP contribution in [0.5, 0.6) is 0 Å². The fourth-order valence-electron chi connectivity index (χ4n) is 7.45. The van der Waals surface area contributed by atoms with E-state index in [2.05, 4.69) is 5.32 Å². The Morgan fingerprint density at radius 2 is 0.984 bits per heavy atom. The van der Waals surface area contributed by atoms with Gasteiger partial charge in [0.1, 0.15) is 42.7 Å². The third-order valence-electron chi connectivity index (χ3n) is 10.6. The van der Waals surface area contributed by atoms with E-state index >= 15 is 0 Å². The van der Waals surface area contributed by atoms with Crippen molar-refractivity contribution in [2.24, 2.45) is 0 Å². The first-order valence-corrected chi connectivity index (χ1v) is 20.7. The zero-order chi connectivity index (χ0) is 43.1. The fraction of sp³-hybridized carbons (Fsp3) is 0.347. The van der Waals surface area contributed by atoms with E-state index in [1.54, 1.807) is 30.3 Å². The third-order valence-corrected chi connectivity index (χ3v) is 10.6. The Morgan fingerprint density at radius 1 is 0.548 bits per heavy atom. The molecule has 2 heterocycles. The van der Waals surface area contributed by atoms with E-state index < -0.39 is 73.2 Å². The Labute approximate surface area is 361 Å². The Balaban J connectivity index is 1.25. The van der Waals surface area contributed by atoms with Gasteiger partial charge in [-0.15, -0.1) is 0 Å². The lowest BCUT2D eigenvalue weighted by Crippen LogP contribution is -2.68. The molecule has 2 aliphatic rings. The number of benzene rings is 5. The maximum atomic E-state index is 14.1. The predicted octanol–water partition coefficient (Wildman–Crippen LogP) is 5.51.